The molecule has 1 heterocycles. The van der Waals surface area contributed by atoms with Crippen molar-refractivity contribution in [3.05, 3.63) is 71.8 Å². The summed E-state index contributed by atoms with van der Waals surface area (Å²) in [6.45, 7) is 13.6. The maximum absolute atomic E-state index is 6.07. The van der Waals surface area contributed by atoms with Crippen LogP contribution in [0.5, 0.6) is 11.5 Å². The van der Waals surface area contributed by atoms with Crippen LogP contribution >= 0.6 is 0 Å². The molecule has 0 spiro atoms. The Kier molecular flexibility index (Phi) is 7.52. The molecule has 1 saturated heterocycles. The first-order chi connectivity index (χ1) is 13.7. The molecule has 0 unspecified atom stereocenters. The van der Waals surface area contributed by atoms with E-state index in [0.717, 1.165) is 49.7 Å². The summed E-state index contributed by atoms with van der Waals surface area (Å²) in [6, 6.07) is 16.9. The molecule has 4 nitrogen and oxygen atoms in total. The fraction of sp³-hybridized carbons (Fsp3) is 0.417. The van der Waals surface area contributed by atoms with E-state index in [4.69, 9.17) is 9.47 Å². The van der Waals surface area contributed by atoms with E-state index < -0.39 is 0 Å². The van der Waals surface area contributed by atoms with E-state index in [9.17, 15) is 0 Å². The molecular formula is C24H32N2O2. The minimum atomic E-state index is 0.321. The summed E-state index contributed by atoms with van der Waals surface area (Å²) in [6.07, 6.45) is 0.954. The standard InChI is InChI=1S/C24H32N2O2/c1-4-27-24-17-21(22(16-19(2)3)26-14-12-25-13-15-26)10-11-23(24)28-18-20-8-6-5-7-9-20/h5-11,17,22,25H,2,4,12-16,18H2,1,3H3/t22-/m0/s1. The first-order valence-electron chi connectivity index (χ1n) is 10.2. The van der Waals surface area contributed by atoms with Crippen molar-refractivity contribution < 1.29 is 9.47 Å². The Labute approximate surface area is 169 Å². The van der Waals surface area contributed by atoms with Gasteiger partial charge in [-0.3, -0.25) is 4.90 Å². The molecule has 1 N–H and O–H groups in total. The van der Waals surface area contributed by atoms with Crippen LogP contribution in [0, 0.1) is 0 Å². The van der Waals surface area contributed by atoms with Crippen LogP contribution in [0.3, 0.4) is 0 Å². The van der Waals surface area contributed by atoms with Crippen LogP contribution in [-0.2, 0) is 6.61 Å². The largest absolute Gasteiger partial charge is 0.490 e. The predicted octanol–water partition coefficient (Wildman–Crippen LogP) is 4.58. The molecule has 2 aromatic rings. The number of hydrogen-bond donors (Lipinski definition) is 1. The monoisotopic (exact) mass is 380 g/mol. The SMILES string of the molecule is C=C(C)C[C@@H](c1ccc(OCc2ccccc2)c(OCC)c1)N1CCNCC1. The van der Waals surface area contributed by atoms with Crippen molar-refractivity contribution in [2.45, 2.75) is 32.9 Å². The van der Waals surface area contributed by atoms with Gasteiger partial charge >= 0.3 is 0 Å². The topological polar surface area (TPSA) is 33.7 Å². The molecule has 3 rings (SSSR count). The summed E-state index contributed by atoms with van der Waals surface area (Å²) in [5, 5.41) is 3.44. The van der Waals surface area contributed by atoms with Crippen molar-refractivity contribution in [2.24, 2.45) is 0 Å². The van der Waals surface area contributed by atoms with Crippen molar-refractivity contribution in [3.8, 4) is 11.5 Å². The summed E-state index contributed by atoms with van der Waals surface area (Å²) >= 11 is 0. The molecule has 2 aromatic carbocycles. The normalized spacial score (nSPS) is 15.8. The highest BCUT2D eigenvalue weighted by atomic mass is 16.5. The van der Waals surface area contributed by atoms with Gasteiger partial charge in [0, 0.05) is 32.2 Å². The van der Waals surface area contributed by atoms with Crippen LogP contribution in [0.4, 0.5) is 0 Å². The number of rotatable bonds is 9. The Balaban J connectivity index is 1.81. The molecule has 0 aliphatic carbocycles. The van der Waals surface area contributed by atoms with Crippen LogP contribution in [0.15, 0.2) is 60.7 Å². The number of nitrogens with one attached hydrogen (secondary N) is 1. The lowest BCUT2D eigenvalue weighted by Gasteiger charge is -2.35. The molecule has 1 aliphatic heterocycles. The molecule has 0 aromatic heterocycles. The number of piperazine rings is 1. The molecule has 150 valence electrons. The van der Waals surface area contributed by atoms with Gasteiger partial charge in [-0.15, -0.1) is 6.58 Å². The third-order valence-corrected chi connectivity index (χ3v) is 5.02. The van der Waals surface area contributed by atoms with Crippen molar-refractivity contribution >= 4 is 0 Å². The van der Waals surface area contributed by atoms with Gasteiger partial charge in [-0.2, -0.15) is 0 Å². The van der Waals surface area contributed by atoms with Gasteiger partial charge in [-0.1, -0.05) is 42.0 Å². The zero-order valence-corrected chi connectivity index (χ0v) is 17.1. The summed E-state index contributed by atoms with van der Waals surface area (Å²) in [7, 11) is 0. The molecule has 1 aliphatic rings. The second-order valence-corrected chi connectivity index (χ2v) is 7.38. The van der Waals surface area contributed by atoms with Crippen LogP contribution in [0.1, 0.15) is 37.4 Å². The van der Waals surface area contributed by atoms with Gasteiger partial charge in [0.1, 0.15) is 6.61 Å². The Morgan fingerprint density at radius 1 is 1.07 bits per heavy atom. The average molecular weight is 381 g/mol. The van der Waals surface area contributed by atoms with E-state index in [1.807, 2.05) is 25.1 Å². The Hall–Kier alpha value is -2.30. The summed E-state index contributed by atoms with van der Waals surface area (Å²) < 4.78 is 12.0. The van der Waals surface area contributed by atoms with Gasteiger partial charge in [-0.05, 0) is 43.5 Å². The van der Waals surface area contributed by atoms with Crippen molar-refractivity contribution in [3.63, 3.8) is 0 Å². The van der Waals surface area contributed by atoms with E-state index in [1.54, 1.807) is 0 Å². The Morgan fingerprint density at radius 3 is 2.50 bits per heavy atom. The third kappa shape index (κ3) is 5.60. The van der Waals surface area contributed by atoms with Gasteiger partial charge in [0.15, 0.2) is 11.5 Å². The first kappa shape index (κ1) is 20.4. The van der Waals surface area contributed by atoms with Crippen molar-refractivity contribution in [2.75, 3.05) is 32.8 Å². The summed E-state index contributed by atoms with van der Waals surface area (Å²) in [4.78, 5) is 2.54. The fourth-order valence-electron chi connectivity index (χ4n) is 3.64. The zero-order valence-electron chi connectivity index (χ0n) is 17.1. The van der Waals surface area contributed by atoms with Gasteiger partial charge in [0.2, 0.25) is 0 Å². The molecule has 1 atom stereocenters. The molecule has 0 amide bonds. The van der Waals surface area contributed by atoms with E-state index in [0.29, 0.717) is 19.3 Å². The third-order valence-electron chi connectivity index (χ3n) is 5.02. The molecule has 1 fully saturated rings. The lowest BCUT2D eigenvalue weighted by Crippen LogP contribution is -2.45. The summed E-state index contributed by atoms with van der Waals surface area (Å²) in [5.74, 6) is 1.61. The number of hydrogen-bond acceptors (Lipinski definition) is 4. The maximum Gasteiger partial charge on any atom is 0.161 e. The number of ether oxygens (including phenoxy) is 2. The second kappa shape index (κ2) is 10.3. The number of nitrogens with zero attached hydrogens (tertiary/aromatic N) is 1. The highest BCUT2D eigenvalue weighted by Gasteiger charge is 2.23. The van der Waals surface area contributed by atoms with E-state index >= 15 is 0 Å². The van der Waals surface area contributed by atoms with Crippen LogP contribution in [0.2, 0.25) is 0 Å². The maximum atomic E-state index is 6.07. The lowest BCUT2D eigenvalue weighted by atomic mass is 9.97. The molecule has 0 radical (unpaired) electrons. The zero-order chi connectivity index (χ0) is 19.8. The molecule has 0 saturated carbocycles. The highest BCUT2D eigenvalue weighted by Crippen LogP contribution is 2.35. The fourth-order valence-corrected chi connectivity index (χ4v) is 3.64. The molecule has 0 bridgehead atoms. The van der Waals surface area contributed by atoms with Crippen molar-refractivity contribution in [1.29, 1.82) is 0 Å². The van der Waals surface area contributed by atoms with E-state index in [2.05, 4.69) is 54.1 Å². The Bertz CT molecular complexity index is 754. The van der Waals surface area contributed by atoms with E-state index in [-0.39, 0.29) is 0 Å². The van der Waals surface area contributed by atoms with Crippen LogP contribution in [0.25, 0.3) is 0 Å². The molecular weight excluding hydrogens is 348 g/mol. The van der Waals surface area contributed by atoms with Gasteiger partial charge in [0.25, 0.3) is 0 Å². The Morgan fingerprint density at radius 2 is 1.82 bits per heavy atom. The highest BCUT2D eigenvalue weighted by molar-refractivity contribution is 5.44. The van der Waals surface area contributed by atoms with Gasteiger partial charge < -0.3 is 14.8 Å². The predicted molar refractivity (Wildman–Crippen MR) is 115 cm³/mol. The van der Waals surface area contributed by atoms with E-state index in [1.165, 1.54) is 11.1 Å². The molecule has 28 heavy (non-hydrogen) atoms. The van der Waals surface area contributed by atoms with Crippen LogP contribution in [-0.4, -0.2) is 37.7 Å². The minimum absolute atomic E-state index is 0.321. The first-order valence-corrected chi connectivity index (χ1v) is 10.2. The lowest BCUT2D eigenvalue weighted by molar-refractivity contribution is 0.172. The van der Waals surface area contributed by atoms with Crippen molar-refractivity contribution in [1.82, 2.24) is 10.2 Å². The molecule has 4 heteroatoms. The average Bonchev–Trinajstić information content (AvgIpc) is 2.72. The minimum Gasteiger partial charge on any atom is -0.490 e. The second-order valence-electron chi connectivity index (χ2n) is 7.38. The van der Waals surface area contributed by atoms with Gasteiger partial charge in [-0.25, -0.2) is 0 Å². The smallest absolute Gasteiger partial charge is 0.161 e. The quantitative estimate of drug-likeness (QED) is 0.646. The van der Waals surface area contributed by atoms with Crippen LogP contribution < -0.4 is 14.8 Å². The summed E-state index contributed by atoms with van der Waals surface area (Å²) in [5.41, 5.74) is 3.61. The van der Waals surface area contributed by atoms with Gasteiger partial charge in [0.05, 0.1) is 6.61 Å². The number of benzene rings is 2.